The predicted octanol–water partition coefficient (Wildman–Crippen LogP) is 2.94. The molecule has 0 aliphatic carbocycles. The molecule has 27 heavy (non-hydrogen) atoms. The van der Waals surface area contributed by atoms with Crippen LogP contribution in [0.3, 0.4) is 0 Å². The number of sulfonamides is 1. The Morgan fingerprint density at radius 3 is 2.59 bits per heavy atom. The van der Waals surface area contributed by atoms with Crippen molar-refractivity contribution in [2.75, 3.05) is 16.8 Å². The lowest BCUT2D eigenvalue weighted by molar-refractivity contribution is -0.104. The maximum absolute atomic E-state index is 12.5. The fourth-order valence-electron chi connectivity index (χ4n) is 2.06. The Bertz CT molecular complexity index is 979. The molecule has 0 fully saturated rings. The Labute approximate surface area is 166 Å². The highest BCUT2D eigenvalue weighted by Crippen LogP contribution is 2.35. The van der Waals surface area contributed by atoms with Crippen LogP contribution in [0, 0.1) is 0 Å². The number of hydrazine groups is 1. The second kappa shape index (κ2) is 8.47. The largest absolute Gasteiger partial charge is 0.505 e. The fraction of sp³-hybridized carbons (Fsp3) is 0.125. The third-order valence-electron chi connectivity index (χ3n) is 3.29. The zero-order valence-corrected chi connectivity index (χ0v) is 16.6. The molecule has 2 aromatic rings. The van der Waals surface area contributed by atoms with Gasteiger partial charge in [-0.1, -0.05) is 23.2 Å². The van der Waals surface area contributed by atoms with E-state index >= 15 is 0 Å². The quantitative estimate of drug-likeness (QED) is 0.351. The molecule has 0 bridgehead atoms. The van der Waals surface area contributed by atoms with Crippen molar-refractivity contribution in [2.24, 2.45) is 0 Å². The molecular weight excluding hydrogens is 415 g/mol. The number of aromatic hydroxyl groups is 1. The minimum atomic E-state index is -4.13. The van der Waals surface area contributed by atoms with Crippen LogP contribution in [0.25, 0.3) is 0 Å². The number of nitrogens with zero attached hydrogens (tertiary/aromatic N) is 2. The van der Waals surface area contributed by atoms with Crippen LogP contribution < -0.4 is 15.2 Å². The van der Waals surface area contributed by atoms with Crippen molar-refractivity contribution in [3.63, 3.8) is 0 Å². The van der Waals surface area contributed by atoms with Gasteiger partial charge < -0.3 is 10.5 Å². The summed E-state index contributed by atoms with van der Waals surface area (Å²) in [6.45, 7) is 1.70. The van der Waals surface area contributed by atoms with Crippen LogP contribution in [0.4, 0.5) is 11.5 Å². The summed E-state index contributed by atoms with van der Waals surface area (Å²) in [6.07, 6.45) is 3.30. The number of rotatable bonds is 7. The fourth-order valence-corrected chi connectivity index (χ4v) is 3.87. The number of hydrogen-bond acceptors (Lipinski definition) is 7. The van der Waals surface area contributed by atoms with Gasteiger partial charge in [0.15, 0.2) is 5.75 Å². The minimum absolute atomic E-state index is 0.0677. The molecule has 0 spiro atoms. The van der Waals surface area contributed by atoms with Crippen LogP contribution in [-0.4, -0.2) is 31.8 Å². The van der Waals surface area contributed by atoms with E-state index < -0.39 is 20.7 Å². The van der Waals surface area contributed by atoms with E-state index in [1.807, 2.05) is 0 Å². The lowest BCUT2D eigenvalue weighted by Crippen LogP contribution is -2.33. The monoisotopic (exact) mass is 430 g/mol. The van der Waals surface area contributed by atoms with Crippen molar-refractivity contribution in [3.05, 3.63) is 52.3 Å². The summed E-state index contributed by atoms with van der Waals surface area (Å²) in [5, 5.41) is 11.4. The Kier molecular flexibility index (Phi) is 6.53. The van der Waals surface area contributed by atoms with Gasteiger partial charge in [0.05, 0.1) is 16.9 Å². The van der Waals surface area contributed by atoms with Gasteiger partial charge in [0, 0.05) is 17.8 Å². The Morgan fingerprint density at radius 2 is 2.00 bits per heavy atom. The number of phenolic OH excluding ortho intramolecular Hbond substituents is 1. The van der Waals surface area contributed by atoms with Crippen molar-refractivity contribution in [3.8, 4) is 5.75 Å². The molecule has 8 nitrogen and oxygen atoms in total. The topological polar surface area (TPSA) is 112 Å². The summed E-state index contributed by atoms with van der Waals surface area (Å²) in [5.74, 6) is -0.121. The maximum atomic E-state index is 12.5. The van der Waals surface area contributed by atoms with Crippen LogP contribution in [-0.2, 0) is 14.8 Å². The number of carbonyl (C=O) groups is 1. The summed E-state index contributed by atoms with van der Waals surface area (Å²) in [6, 6.07) is 5.37. The highest BCUT2D eigenvalue weighted by atomic mass is 35.5. The summed E-state index contributed by atoms with van der Waals surface area (Å²) < 4.78 is 27.3. The van der Waals surface area contributed by atoms with Crippen molar-refractivity contribution in [1.82, 2.24) is 10.4 Å². The Balaban J connectivity index is 2.21. The van der Waals surface area contributed by atoms with Gasteiger partial charge >= 0.3 is 0 Å². The summed E-state index contributed by atoms with van der Waals surface area (Å²) in [4.78, 5) is 14.1. The number of benzene rings is 1. The van der Waals surface area contributed by atoms with Gasteiger partial charge in [-0.3, -0.25) is 14.5 Å². The molecule has 2 rings (SSSR count). The molecule has 1 heterocycles. The molecule has 144 valence electrons. The molecule has 0 aliphatic rings. The summed E-state index contributed by atoms with van der Waals surface area (Å²) in [5.41, 5.74) is 3.68. The number of phenols is 1. The molecule has 0 unspecified atom stereocenters. The van der Waals surface area contributed by atoms with Crippen molar-refractivity contribution >= 4 is 51.0 Å². The molecule has 0 atom stereocenters. The van der Waals surface area contributed by atoms with Gasteiger partial charge in [-0.25, -0.2) is 13.4 Å². The third-order valence-corrected chi connectivity index (χ3v) is 5.19. The van der Waals surface area contributed by atoms with Crippen molar-refractivity contribution in [1.29, 1.82) is 0 Å². The lowest BCUT2D eigenvalue weighted by Gasteiger charge is -2.20. The molecule has 3 N–H and O–H groups in total. The molecule has 0 saturated carbocycles. The van der Waals surface area contributed by atoms with Crippen molar-refractivity contribution < 1.29 is 18.3 Å². The molecule has 11 heteroatoms. The van der Waals surface area contributed by atoms with Gasteiger partial charge in [-0.05, 0) is 37.3 Å². The number of carbonyl (C=O) groups excluding carboxylic acids is 1. The normalized spacial score (nSPS) is 11.8. The minimum Gasteiger partial charge on any atom is -0.505 e. The van der Waals surface area contributed by atoms with Gasteiger partial charge in [-0.2, -0.15) is 0 Å². The Hall–Kier alpha value is -2.49. The molecule has 1 aromatic carbocycles. The highest BCUT2D eigenvalue weighted by Gasteiger charge is 2.22. The van der Waals surface area contributed by atoms with Crippen LogP contribution in [0.1, 0.15) is 6.92 Å². The number of allylic oxidation sites excluding steroid dienone is 2. The molecule has 0 amide bonds. The smallest absolute Gasteiger partial charge is 0.265 e. The van der Waals surface area contributed by atoms with Gasteiger partial charge in [0.2, 0.25) is 0 Å². The zero-order chi connectivity index (χ0) is 20.2. The summed E-state index contributed by atoms with van der Waals surface area (Å²) >= 11 is 11.6. The second-order valence-electron chi connectivity index (χ2n) is 5.40. The average molecular weight is 431 g/mol. The molecule has 0 aliphatic heterocycles. The molecule has 0 radical (unpaired) electrons. The lowest BCUT2D eigenvalue weighted by atomic mass is 10.3. The first-order valence-electron chi connectivity index (χ1n) is 7.43. The number of halogens is 2. The van der Waals surface area contributed by atoms with E-state index in [0.717, 1.165) is 6.07 Å². The van der Waals surface area contributed by atoms with Crippen LogP contribution in [0.15, 0.2) is 47.1 Å². The van der Waals surface area contributed by atoms with Gasteiger partial charge in [0.1, 0.15) is 17.0 Å². The van der Waals surface area contributed by atoms with Gasteiger partial charge in [0.25, 0.3) is 10.0 Å². The predicted molar refractivity (Wildman–Crippen MR) is 105 cm³/mol. The van der Waals surface area contributed by atoms with Crippen LogP contribution >= 0.6 is 23.2 Å². The molecule has 1 aromatic heterocycles. The number of anilines is 2. The first-order chi connectivity index (χ1) is 12.6. The SMILES string of the molecule is C/C(=C/C=O)NN(C)c1ccc(NS(=O)(=O)c2cc(Cl)cc(Cl)c2O)cn1. The third kappa shape index (κ3) is 5.25. The van der Waals surface area contributed by atoms with E-state index in [-0.39, 0.29) is 15.7 Å². The number of nitrogens with one attached hydrogen (secondary N) is 2. The van der Waals surface area contributed by atoms with E-state index in [1.54, 1.807) is 25.0 Å². The standard InChI is InChI=1S/C16H16Cl2N4O4S/c1-10(5-6-23)20-22(2)15-4-3-12(9-19-15)21-27(25,26)14-8-11(17)7-13(18)16(14)24/h3-9,20-21,24H,1-2H3/b10-5-. The first kappa shape index (κ1) is 20.8. The second-order valence-corrected chi connectivity index (χ2v) is 7.90. The average Bonchev–Trinajstić information content (AvgIpc) is 2.58. The maximum Gasteiger partial charge on any atom is 0.265 e. The summed E-state index contributed by atoms with van der Waals surface area (Å²) in [7, 11) is -2.45. The van der Waals surface area contributed by atoms with E-state index in [2.05, 4.69) is 15.1 Å². The zero-order valence-electron chi connectivity index (χ0n) is 14.3. The Morgan fingerprint density at radius 1 is 1.30 bits per heavy atom. The molecular formula is C16H16Cl2N4O4S. The van der Waals surface area contributed by atoms with E-state index in [0.29, 0.717) is 17.8 Å². The van der Waals surface area contributed by atoms with Crippen LogP contribution in [0.2, 0.25) is 10.0 Å². The molecule has 0 saturated heterocycles. The number of pyridine rings is 1. The van der Waals surface area contributed by atoms with Crippen LogP contribution in [0.5, 0.6) is 5.75 Å². The number of aromatic nitrogens is 1. The van der Waals surface area contributed by atoms with E-state index in [1.165, 1.54) is 24.4 Å². The number of hydrogen-bond donors (Lipinski definition) is 3. The van der Waals surface area contributed by atoms with Crippen molar-refractivity contribution in [2.45, 2.75) is 11.8 Å². The first-order valence-corrected chi connectivity index (χ1v) is 9.67. The van der Waals surface area contributed by atoms with E-state index in [9.17, 15) is 18.3 Å². The number of aldehydes is 1. The van der Waals surface area contributed by atoms with E-state index in [4.69, 9.17) is 23.2 Å². The van der Waals surface area contributed by atoms with Gasteiger partial charge in [-0.15, -0.1) is 0 Å². The highest BCUT2D eigenvalue weighted by molar-refractivity contribution is 7.92.